The van der Waals surface area contributed by atoms with Crippen molar-refractivity contribution in [1.82, 2.24) is 14.7 Å². The van der Waals surface area contributed by atoms with Crippen molar-refractivity contribution in [3.63, 3.8) is 0 Å². The standard InChI is InChI=1S/C25H33ClN6O3S/c1-36(33,34)30-14-18-5-7-19(8-6-18)31-24-13-20(21(26)15-28-24)22-3-2-4-23(32-22)29-17-25(16-27)9-11-35-12-10-25/h2-4,13,15,18-19,30H,5-12,14,17H2,1H3,(H,28,31)(H,29,32). The van der Waals surface area contributed by atoms with Gasteiger partial charge in [-0.2, -0.15) is 5.26 Å². The lowest BCUT2D eigenvalue weighted by atomic mass is 9.82. The molecule has 2 fully saturated rings. The number of nitrogens with one attached hydrogen (secondary N) is 3. The lowest BCUT2D eigenvalue weighted by molar-refractivity contribution is 0.0455. The van der Waals surface area contributed by atoms with Crippen LogP contribution in [0.5, 0.6) is 0 Å². The zero-order valence-corrected chi connectivity index (χ0v) is 22.0. The Kier molecular flexibility index (Phi) is 8.67. The average molecular weight is 533 g/mol. The Balaban J connectivity index is 1.38. The molecule has 0 bridgehead atoms. The lowest BCUT2D eigenvalue weighted by Crippen LogP contribution is -2.34. The van der Waals surface area contributed by atoms with Gasteiger partial charge in [0.25, 0.3) is 0 Å². The van der Waals surface area contributed by atoms with Crippen LogP contribution in [0.3, 0.4) is 0 Å². The molecule has 0 amide bonds. The Morgan fingerprint density at radius 2 is 1.94 bits per heavy atom. The molecule has 11 heteroatoms. The first-order chi connectivity index (χ1) is 17.3. The van der Waals surface area contributed by atoms with Gasteiger partial charge in [0, 0.05) is 44.1 Å². The van der Waals surface area contributed by atoms with Crippen molar-refractivity contribution >= 4 is 33.3 Å². The number of halogens is 1. The molecule has 1 aliphatic carbocycles. The Bertz CT molecular complexity index is 1190. The van der Waals surface area contributed by atoms with Gasteiger partial charge < -0.3 is 15.4 Å². The number of ether oxygens (including phenoxy) is 1. The van der Waals surface area contributed by atoms with Crippen molar-refractivity contribution in [1.29, 1.82) is 5.26 Å². The zero-order valence-electron chi connectivity index (χ0n) is 20.5. The number of sulfonamides is 1. The van der Waals surface area contributed by atoms with E-state index >= 15 is 0 Å². The van der Waals surface area contributed by atoms with Crippen molar-refractivity contribution < 1.29 is 13.2 Å². The van der Waals surface area contributed by atoms with Crippen molar-refractivity contribution in [3.8, 4) is 17.3 Å². The molecule has 2 aromatic heterocycles. The maximum atomic E-state index is 11.3. The summed E-state index contributed by atoms with van der Waals surface area (Å²) in [7, 11) is -3.16. The smallest absolute Gasteiger partial charge is 0.208 e. The summed E-state index contributed by atoms with van der Waals surface area (Å²) in [6, 6.07) is 10.4. The summed E-state index contributed by atoms with van der Waals surface area (Å²) in [5.74, 6) is 1.78. The van der Waals surface area contributed by atoms with Gasteiger partial charge in [-0.25, -0.2) is 23.1 Å². The number of hydrogen-bond acceptors (Lipinski definition) is 8. The molecule has 9 nitrogen and oxygen atoms in total. The van der Waals surface area contributed by atoms with Gasteiger partial charge in [-0.3, -0.25) is 0 Å². The summed E-state index contributed by atoms with van der Waals surface area (Å²) in [6.45, 7) is 2.21. The highest BCUT2D eigenvalue weighted by atomic mass is 35.5. The highest BCUT2D eigenvalue weighted by Crippen LogP contribution is 2.32. The molecule has 36 heavy (non-hydrogen) atoms. The monoisotopic (exact) mass is 532 g/mol. The lowest BCUT2D eigenvalue weighted by Gasteiger charge is -2.30. The van der Waals surface area contributed by atoms with E-state index in [9.17, 15) is 13.7 Å². The van der Waals surface area contributed by atoms with Crippen molar-refractivity contribution in [3.05, 3.63) is 35.5 Å². The predicted octanol–water partition coefficient (Wildman–Crippen LogP) is 4.05. The number of hydrogen-bond donors (Lipinski definition) is 3. The highest BCUT2D eigenvalue weighted by Gasteiger charge is 2.32. The third kappa shape index (κ3) is 7.29. The van der Waals surface area contributed by atoms with Gasteiger partial charge in [0.2, 0.25) is 10.0 Å². The van der Waals surface area contributed by atoms with Gasteiger partial charge in [0.15, 0.2) is 0 Å². The van der Waals surface area contributed by atoms with Gasteiger partial charge >= 0.3 is 0 Å². The number of anilines is 2. The minimum atomic E-state index is -3.16. The zero-order chi connectivity index (χ0) is 25.6. The average Bonchev–Trinajstić information content (AvgIpc) is 2.88. The van der Waals surface area contributed by atoms with Crippen molar-refractivity contribution in [2.24, 2.45) is 11.3 Å². The molecule has 2 aliphatic rings. The molecule has 3 heterocycles. The molecule has 0 aromatic carbocycles. The van der Waals surface area contributed by atoms with Crippen LogP contribution in [0.15, 0.2) is 30.5 Å². The van der Waals surface area contributed by atoms with Crippen LogP contribution < -0.4 is 15.4 Å². The van der Waals surface area contributed by atoms with E-state index in [1.54, 1.807) is 6.20 Å². The van der Waals surface area contributed by atoms with E-state index in [2.05, 4.69) is 26.4 Å². The number of nitrogens with zero attached hydrogens (tertiary/aromatic N) is 3. The molecular weight excluding hydrogens is 500 g/mol. The molecule has 1 saturated carbocycles. The SMILES string of the molecule is CS(=O)(=O)NCC1CCC(Nc2cc(-c3cccc(NCC4(C#N)CCOCC4)n3)c(Cl)cn2)CC1. The largest absolute Gasteiger partial charge is 0.381 e. The molecule has 194 valence electrons. The Labute approximate surface area is 218 Å². The number of rotatable bonds is 9. The molecule has 2 aromatic rings. The van der Waals surface area contributed by atoms with E-state index in [4.69, 9.17) is 21.3 Å². The molecule has 3 N–H and O–H groups in total. The molecule has 1 saturated heterocycles. The molecule has 4 rings (SSSR count). The van der Waals surface area contributed by atoms with Crippen LogP contribution in [0, 0.1) is 22.7 Å². The molecule has 0 atom stereocenters. The van der Waals surface area contributed by atoms with E-state index in [1.807, 2.05) is 24.3 Å². The Hall–Kier alpha value is -2.45. The van der Waals surface area contributed by atoms with Crippen molar-refractivity contribution in [2.75, 3.05) is 43.2 Å². The van der Waals surface area contributed by atoms with Crippen LogP contribution in [0.1, 0.15) is 38.5 Å². The Morgan fingerprint density at radius 1 is 1.19 bits per heavy atom. The van der Waals surface area contributed by atoms with Gasteiger partial charge in [-0.1, -0.05) is 17.7 Å². The minimum Gasteiger partial charge on any atom is -0.381 e. The van der Waals surface area contributed by atoms with Crippen molar-refractivity contribution in [2.45, 2.75) is 44.6 Å². The van der Waals surface area contributed by atoms with E-state index in [0.29, 0.717) is 55.9 Å². The maximum Gasteiger partial charge on any atom is 0.208 e. The van der Waals surface area contributed by atoms with Crippen LogP contribution in [-0.4, -0.2) is 57.0 Å². The van der Waals surface area contributed by atoms with Crippen LogP contribution in [0.25, 0.3) is 11.3 Å². The van der Waals surface area contributed by atoms with Gasteiger partial charge in [0.1, 0.15) is 11.6 Å². The molecule has 1 aliphatic heterocycles. The third-order valence-corrected chi connectivity index (χ3v) is 8.00. The summed E-state index contributed by atoms with van der Waals surface area (Å²) >= 11 is 6.50. The van der Waals surface area contributed by atoms with Crippen LogP contribution in [-0.2, 0) is 14.8 Å². The van der Waals surface area contributed by atoms with E-state index in [1.165, 1.54) is 6.26 Å². The molecule has 0 unspecified atom stereocenters. The first kappa shape index (κ1) is 26.6. The third-order valence-electron chi connectivity index (χ3n) is 7.01. The number of aromatic nitrogens is 2. The minimum absolute atomic E-state index is 0.267. The maximum absolute atomic E-state index is 11.3. The normalized spacial score (nSPS) is 21.9. The van der Waals surface area contributed by atoms with Crippen LogP contribution >= 0.6 is 11.6 Å². The summed E-state index contributed by atoms with van der Waals surface area (Å²) in [4.78, 5) is 9.20. The summed E-state index contributed by atoms with van der Waals surface area (Å²) in [5.41, 5.74) is 1.06. The quantitative estimate of drug-likeness (QED) is 0.441. The highest BCUT2D eigenvalue weighted by molar-refractivity contribution is 7.88. The fourth-order valence-electron chi connectivity index (χ4n) is 4.74. The summed E-state index contributed by atoms with van der Waals surface area (Å²) in [6.07, 6.45) is 8.03. The van der Waals surface area contributed by atoms with Gasteiger partial charge in [-0.15, -0.1) is 0 Å². The van der Waals surface area contributed by atoms with Crippen LogP contribution in [0.2, 0.25) is 5.02 Å². The topological polar surface area (TPSA) is 129 Å². The Morgan fingerprint density at radius 3 is 2.64 bits per heavy atom. The van der Waals surface area contributed by atoms with E-state index in [0.717, 1.165) is 42.8 Å². The molecular formula is C25H33ClN6O3S. The summed E-state index contributed by atoms with van der Waals surface area (Å²) < 4.78 is 30.7. The molecule has 0 spiro atoms. The van der Waals surface area contributed by atoms with E-state index < -0.39 is 15.4 Å². The second-order valence-electron chi connectivity index (χ2n) is 9.80. The van der Waals surface area contributed by atoms with Crippen LogP contribution in [0.4, 0.5) is 11.6 Å². The first-order valence-corrected chi connectivity index (χ1v) is 14.6. The fourth-order valence-corrected chi connectivity index (χ4v) is 5.47. The first-order valence-electron chi connectivity index (χ1n) is 12.3. The predicted molar refractivity (Wildman–Crippen MR) is 141 cm³/mol. The second-order valence-corrected chi connectivity index (χ2v) is 12.0. The summed E-state index contributed by atoms with van der Waals surface area (Å²) in [5, 5.41) is 17.1. The van der Waals surface area contributed by atoms with Gasteiger partial charge in [0.05, 0.1) is 28.5 Å². The second kappa shape index (κ2) is 11.7. The number of nitriles is 1. The van der Waals surface area contributed by atoms with E-state index in [-0.39, 0.29) is 6.04 Å². The number of pyridine rings is 2. The van der Waals surface area contributed by atoms with Gasteiger partial charge in [-0.05, 0) is 62.6 Å². The molecule has 0 radical (unpaired) electrons. The fraction of sp³-hybridized carbons (Fsp3) is 0.560.